The van der Waals surface area contributed by atoms with Crippen molar-refractivity contribution in [2.24, 2.45) is 0 Å². The third-order valence-electron chi connectivity index (χ3n) is 7.91. The minimum Gasteiger partial charge on any atom is -0.473 e. The molecule has 1 aliphatic heterocycles. The Morgan fingerprint density at radius 3 is 2.30 bits per heavy atom. The highest BCUT2D eigenvalue weighted by Crippen LogP contribution is 2.50. The molecule has 1 unspecified atom stereocenters. The van der Waals surface area contributed by atoms with Crippen LogP contribution in [0.4, 0.5) is 11.4 Å². The Morgan fingerprint density at radius 1 is 0.838 bits per heavy atom. The third-order valence-corrected chi connectivity index (χ3v) is 7.91. The first-order chi connectivity index (χ1) is 18.1. The highest BCUT2D eigenvalue weighted by Gasteiger charge is 2.49. The molecule has 3 aromatic rings. The standard InChI is InChI=1S/C33H35N3O/c1-3-5-19-36(20-6-4-2)32-25-15-16-27(34)31(35)29(25)30-24-13-9-7-11-22(24)17-18-33(30)26(32)21-23-12-8-10-14-28(23)37-33/h7-18,21H,3-6,19-20,34-35H2,1-2H3. The van der Waals surface area contributed by atoms with Crippen LogP contribution in [0.15, 0.2) is 72.3 Å². The fraction of sp³-hybridized carbons (Fsp3) is 0.273. The molecule has 0 aromatic heterocycles. The van der Waals surface area contributed by atoms with Crippen molar-refractivity contribution in [3.05, 3.63) is 99.4 Å². The van der Waals surface area contributed by atoms with Crippen LogP contribution in [0.5, 0.6) is 5.75 Å². The van der Waals surface area contributed by atoms with E-state index >= 15 is 0 Å². The molecule has 0 amide bonds. The SMILES string of the molecule is CCCCN(CCCC)C1=c2ccc(N)c(N)c2=C2c3ccccc3C=CC23Oc2ccccc2C=C13. The first-order valence-corrected chi connectivity index (χ1v) is 13.6. The summed E-state index contributed by atoms with van der Waals surface area (Å²) in [6.07, 6.45) is 11.3. The molecule has 4 N–H and O–H groups in total. The van der Waals surface area contributed by atoms with Gasteiger partial charge < -0.3 is 21.1 Å². The second-order valence-corrected chi connectivity index (χ2v) is 10.3. The molecule has 3 aromatic carbocycles. The largest absolute Gasteiger partial charge is 0.473 e. The number of para-hydroxylation sites is 1. The number of ether oxygens (including phenoxy) is 1. The van der Waals surface area contributed by atoms with Crippen LogP contribution in [-0.2, 0) is 0 Å². The summed E-state index contributed by atoms with van der Waals surface area (Å²) in [6.45, 7) is 6.48. The Bertz CT molecular complexity index is 1560. The van der Waals surface area contributed by atoms with E-state index in [1.54, 1.807) is 0 Å². The maximum absolute atomic E-state index is 7.09. The van der Waals surface area contributed by atoms with Crippen LogP contribution in [0, 0.1) is 0 Å². The zero-order chi connectivity index (χ0) is 25.6. The Kier molecular flexibility index (Phi) is 5.83. The van der Waals surface area contributed by atoms with Gasteiger partial charge in [0.25, 0.3) is 0 Å². The molecule has 4 nitrogen and oxygen atoms in total. The van der Waals surface area contributed by atoms with Gasteiger partial charge in [-0.05, 0) is 48.3 Å². The zero-order valence-electron chi connectivity index (χ0n) is 21.8. The molecule has 6 rings (SSSR count). The molecular weight excluding hydrogens is 454 g/mol. The number of anilines is 2. The predicted molar refractivity (Wildman–Crippen MR) is 155 cm³/mol. The number of rotatable bonds is 7. The normalized spacial score (nSPS) is 18.6. The number of hydrogen-bond acceptors (Lipinski definition) is 4. The second kappa shape index (κ2) is 9.19. The molecule has 1 atom stereocenters. The molecule has 188 valence electrons. The Morgan fingerprint density at radius 2 is 1.54 bits per heavy atom. The van der Waals surface area contributed by atoms with Crippen molar-refractivity contribution in [2.75, 3.05) is 24.6 Å². The number of nitrogen functional groups attached to an aromatic ring is 2. The minimum atomic E-state index is -0.788. The number of benzene rings is 3. The van der Waals surface area contributed by atoms with Crippen molar-refractivity contribution in [1.29, 1.82) is 0 Å². The Labute approximate surface area is 219 Å². The van der Waals surface area contributed by atoms with Crippen molar-refractivity contribution in [2.45, 2.75) is 45.1 Å². The number of fused-ring (bicyclic) bond motifs is 4. The lowest BCUT2D eigenvalue weighted by atomic mass is 9.69. The maximum atomic E-state index is 7.09. The van der Waals surface area contributed by atoms with Gasteiger partial charge in [-0.3, -0.25) is 0 Å². The second-order valence-electron chi connectivity index (χ2n) is 10.3. The zero-order valence-corrected chi connectivity index (χ0v) is 21.8. The summed E-state index contributed by atoms with van der Waals surface area (Å²) in [7, 11) is 0. The molecule has 1 spiro atoms. The van der Waals surface area contributed by atoms with Gasteiger partial charge in [-0.25, -0.2) is 0 Å². The highest BCUT2D eigenvalue weighted by atomic mass is 16.5. The lowest BCUT2D eigenvalue weighted by Crippen LogP contribution is -2.54. The Balaban J connectivity index is 1.79. The minimum absolute atomic E-state index is 0.602. The predicted octanol–water partition coefficient (Wildman–Crippen LogP) is 5.32. The third kappa shape index (κ3) is 3.58. The van der Waals surface area contributed by atoms with Crippen LogP contribution in [0.3, 0.4) is 0 Å². The van der Waals surface area contributed by atoms with E-state index in [0.29, 0.717) is 11.4 Å². The van der Waals surface area contributed by atoms with Crippen LogP contribution in [-0.4, -0.2) is 23.6 Å². The monoisotopic (exact) mass is 489 g/mol. The Hall–Kier alpha value is -3.92. The fourth-order valence-electron chi connectivity index (χ4n) is 6.04. The first kappa shape index (κ1) is 23.5. The lowest BCUT2D eigenvalue weighted by Gasteiger charge is -2.46. The molecule has 1 heterocycles. The number of unbranched alkanes of at least 4 members (excludes halogenated alkanes) is 2. The lowest BCUT2D eigenvalue weighted by molar-refractivity contribution is 0.213. The van der Waals surface area contributed by atoms with Crippen LogP contribution < -0.4 is 26.6 Å². The van der Waals surface area contributed by atoms with Crippen molar-refractivity contribution >= 4 is 34.8 Å². The van der Waals surface area contributed by atoms with E-state index in [1.807, 2.05) is 12.1 Å². The van der Waals surface area contributed by atoms with Gasteiger partial charge in [0, 0.05) is 40.2 Å². The van der Waals surface area contributed by atoms with Gasteiger partial charge in [0.2, 0.25) is 0 Å². The molecule has 0 bridgehead atoms. The van der Waals surface area contributed by atoms with Gasteiger partial charge in [0.1, 0.15) is 5.75 Å². The summed E-state index contributed by atoms with van der Waals surface area (Å²) in [4.78, 5) is 2.57. The summed E-state index contributed by atoms with van der Waals surface area (Å²) in [5.41, 5.74) is 20.7. The summed E-state index contributed by atoms with van der Waals surface area (Å²) in [5.74, 6) is 0.881. The highest BCUT2D eigenvalue weighted by molar-refractivity contribution is 5.99. The van der Waals surface area contributed by atoms with Gasteiger partial charge >= 0.3 is 0 Å². The van der Waals surface area contributed by atoms with Crippen LogP contribution in [0.1, 0.15) is 56.2 Å². The summed E-state index contributed by atoms with van der Waals surface area (Å²) in [5, 5.41) is 2.14. The van der Waals surface area contributed by atoms with Crippen LogP contribution in [0.2, 0.25) is 0 Å². The number of nitrogens with two attached hydrogens (primary N) is 2. The molecule has 0 radical (unpaired) electrons. The number of hydrogen-bond donors (Lipinski definition) is 2. The quantitative estimate of drug-likeness (QED) is 0.441. The fourth-order valence-corrected chi connectivity index (χ4v) is 6.04. The molecule has 3 aliphatic rings. The topological polar surface area (TPSA) is 64.5 Å². The first-order valence-electron chi connectivity index (χ1n) is 13.6. The molecular formula is C33H35N3O. The average molecular weight is 490 g/mol. The van der Waals surface area contributed by atoms with E-state index in [0.717, 1.165) is 77.2 Å². The maximum Gasteiger partial charge on any atom is 0.181 e. The van der Waals surface area contributed by atoms with Crippen LogP contribution >= 0.6 is 0 Å². The van der Waals surface area contributed by atoms with Gasteiger partial charge in [-0.15, -0.1) is 0 Å². The molecule has 0 saturated carbocycles. The van der Waals surface area contributed by atoms with Crippen molar-refractivity contribution in [3.63, 3.8) is 0 Å². The van der Waals surface area contributed by atoms with E-state index in [2.05, 4.69) is 85.5 Å². The molecule has 0 fully saturated rings. The van der Waals surface area contributed by atoms with Gasteiger partial charge in [-0.1, -0.05) is 81.3 Å². The van der Waals surface area contributed by atoms with E-state index in [4.69, 9.17) is 16.2 Å². The average Bonchev–Trinajstić information content (AvgIpc) is 2.92. The van der Waals surface area contributed by atoms with Crippen LogP contribution in [0.25, 0.3) is 23.4 Å². The summed E-state index contributed by atoms with van der Waals surface area (Å²) in [6, 6.07) is 21.0. The van der Waals surface area contributed by atoms with Gasteiger partial charge in [0.05, 0.1) is 17.1 Å². The molecule has 4 heteroatoms. The van der Waals surface area contributed by atoms with Crippen molar-refractivity contribution < 1.29 is 4.74 Å². The van der Waals surface area contributed by atoms with E-state index in [9.17, 15) is 0 Å². The molecule has 2 aliphatic carbocycles. The van der Waals surface area contributed by atoms with Crippen molar-refractivity contribution in [3.8, 4) is 5.75 Å². The van der Waals surface area contributed by atoms with E-state index < -0.39 is 5.60 Å². The van der Waals surface area contributed by atoms with E-state index in [1.165, 1.54) is 11.3 Å². The number of nitrogens with zero attached hydrogens (tertiary/aromatic N) is 1. The van der Waals surface area contributed by atoms with Gasteiger partial charge in [0.15, 0.2) is 5.60 Å². The summed E-state index contributed by atoms with van der Waals surface area (Å²) < 4.78 is 7.09. The van der Waals surface area contributed by atoms with E-state index in [-0.39, 0.29) is 0 Å². The van der Waals surface area contributed by atoms with Crippen molar-refractivity contribution in [1.82, 2.24) is 4.90 Å². The molecule has 37 heavy (non-hydrogen) atoms. The smallest absolute Gasteiger partial charge is 0.181 e. The molecule has 0 saturated heterocycles. The summed E-state index contributed by atoms with van der Waals surface area (Å²) >= 11 is 0. The van der Waals surface area contributed by atoms with Gasteiger partial charge in [-0.2, -0.15) is 0 Å².